The fourth-order valence-electron chi connectivity index (χ4n) is 6.44. The highest BCUT2D eigenvalue weighted by molar-refractivity contribution is 7.99. The van der Waals surface area contributed by atoms with Gasteiger partial charge in [0.05, 0.1) is 17.1 Å². The Labute approximate surface area is 303 Å². The second-order valence-electron chi connectivity index (χ2n) is 12.8. The maximum absolute atomic E-state index is 14.4. The number of benzene rings is 3. The van der Waals surface area contributed by atoms with Gasteiger partial charge < -0.3 is 37.3 Å². The molecule has 1 aromatic heterocycles. The van der Waals surface area contributed by atoms with Crippen molar-refractivity contribution in [3.05, 3.63) is 94.6 Å². The van der Waals surface area contributed by atoms with Crippen LogP contribution in [0.4, 0.5) is 0 Å². The van der Waals surface area contributed by atoms with Crippen LogP contribution in [0.2, 0.25) is 5.02 Å². The van der Waals surface area contributed by atoms with Crippen LogP contribution in [0.15, 0.2) is 82.7 Å². The number of likely N-dealkylation sites (N-methyl/N-ethyl adjacent to an activating group) is 1. The SMILES string of the molecule is C[C@@H]1NC(=O)[C@H](Cc2c[nH]c3ccccc23)N(C)C(=O)[C@H](CCCCN)NC(=O)C(CCCN)NCc2ccccc2Sc2c(Cl)cccc21. The summed E-state index contributed by atoms with van der Waals surface area (Å²) in [6.45, 7) is 3.24. The first kappa shape index (κ1) is 37.4. The molecule has 10 nitrogen and oxygen atoms in total. The number of nitrogens with zero attached hydrogens (tertiary/aromatic N) is 1. The van der Waals surface area contributed by atoms with Crippen LogP contribution in [0.25, 0.3) is 10.9 Å². The second kappa shape index (κ2) is 17.9. The Balaban J connectivity index is 1.58. The van der Waals surface area contributed by atoms with Crippen molar-refractivity contribution in [1.82, 2.24) is 25.8 Å². The molecule has 0 fully saturated rings. The van der Waals surface area contributed by atoms with E-state index in [1.807, 2.05) is 79.9 Å². The van der Waals surface area contributed by atoms with Crippen LogP contribution in [0, 0.1) is 0 Å². The zero-order valence-corrected chi connectivity index (χ0v) is 30.3. The molecule has 5 rings (SSSR count). The maximum Gasteiger partial charge on any atom is 0.245 e. The first-order chi connectivity index (χ1) is 24.2. The average molecular weight is 718 g/mol. The number of amides is 3. The summed E-state index contributed by atoms with van der Waals surface area (Å²) < 4.78 is 0. The van der Waals surface area contributed by atoms with E-state index < -0.39 is 24.2 Å². The summed E-state index contributed by atoms with van der Waals surface area (Å²) in [4.78, 5) is 49.4. The molecule has 0 spiro atoms. The first-order valence-electron chi connectivity index (χ1n) is 17.3. The normalized spacial score (nSPS) is 20.9. The van der Waals surface area contributed by atoms with E-state index >= 15 is 0 Å². The summed E-state index contributed by atoms with van der Waals surface area (Å²) in [7, 11) is 1.64. The summed E-state index contributed by atoms with van der Waals surface area (Å²) in [6, 6.07) is 18.8. The molecule has 0 saturated carbocycles. The monoisotopic (exact) mass is 717 g/mol. The number of fused-ring (bicyclic) bond motifs is 3. The van der Waals surface area contributed by atoms with E-state index in [1.165, 1.54) is 16.7 Å². The maximum atomic E-state index is 14.4. The van der Waals surface area contributed by atoms with Crippen LogP contribution in [-0.2, 0) is 27.3 Å². The number of nitrogens with one attached hydrogen (secondary N) is 4. The van der Waals surface area contributed by atoms with Gasteiger partial charge in [0, 0.05) is 46.9 Å². The fraction of sp³-hybridized carbons (Fsp3) is 0.395. The van der Waals surface area contributed by atoms with E-state index in [9.17, 15) is 14.4 Å². The van der Waals surface area contributed by atoms with Crippen LogP contribution in [0.3, 0.4) is 0 Å². The second-order valence-corrected chi connectivity index (χ2v) is 14.3. The van der Waals surface area contributed by atoms with Crippen molar-refractivity contribution in [1.29, 1.82) is 0 Å². The molecule has 0 bridgehead atoms. The lowest BCUT2D eigenvalue weighted by molar-refractivity contribution is -0.142. The summed E-state index contributed by atoms with van der Waals surface area (Å²) >= 11 is 8.37. The smallest absolute Gasteiger partial charge is 0.245 e. The van der Waals surface area contributed by atoms with Gasteiger partial charge in [0.1, 0.15) is 12.1 Å². The molecule has 1 unspecified atom stereocenters. The zero-order chi connectivity index (χ0) is 35.6. The van der Waals surface area contributed by atoms with E-state index in [0.717, 1.165) is 37.4 Å². The van der Waals surface area contributed by atoms with Gasteiger partial charge in [-0.2, -0.15) is 0 Å². The van der Waals surface area contributed by atoms with Crippen molar-refractivity contribution in [3.63, 3.8) is 0 Å². The Morgan fingerprint density at radius 2 is 1.60 bits per heavy atom. The van der Waals surface area contributed by atoms with Gasteiger partial charge >= 0.3 is 0 Å². The Morgan fingerprint density at radius 3 is 2.40 bits per heavy atom. The van der Waals surface area contributed by atoms with Gasteiger partial charge in [-0.1, -0.05) is 71.9 Å². The number of halogens is 1. The molecule has 0 aliphatic carbocycles. The number of carbonyl (C=O) groups excluding carboxylic acids is 3. The van der Waals surface area contributed by atoms with Gasteiger partial charge in [-0.15, -0.1) is 0 Å². The summed E-state index contributed by atoms with van der Waals surface area (Å²) in [5.41, 5.74) is 15.4. The third kappa shape index (κ3) is 9.07. The molecule has 2 heterocycles. The third-order valence-corrected chi connectivity index (χ3v) is 11.0. The molecule has 8 N–H and O–H groups in total. The van der Waals surface area contributed by atoms with Crippen LogP contribution in [0.5, 0.6) is 0 Å². The summed E-state index contributed by atoms with van der Waals surface area (Å²) in [5.74, 6) is -0.935. The Hall–Kier alpha value is -3.87. The number of hydrogen-bond donors (Lipinski definition) is 6. The molecule has 1 aliphatic heterocycles. The van der Waals surface area contributed by atoms with Crippen LogP contribution in [-0.4, -0.2) is 65.9 Å². The summed E-state index contributed by atoms with van der Waals surface area (Å²) in [5, 5.41) is 11.3. The average Bonchev–Trinajstić information content (AvgIpc) is 3.53. The number of nitrogens with two attached hydrogens (primary N) is 2. The number of hydrogen-bond acceptors (Lipinski definition) is 7. The predicted octanol–water partition coefficient (Wildman–Crippen LogP) is 5.04. The van der Waals surface area contributed by atoms with Crippen LogP contribution in [0.1, 0.15) is 61.8 Å². The lowest BCUT2D eigenvalue weighted by Crippen LogP contribution is -2.57. The highest BCUT2D eigenvalue weighted by Crippen LogP contribution is 2.40. The van der Waals surface area contributed by atoms with Gasteiger partial charge in [-0.25, -0.2) is 0 Å². The Bertz CT molecular complexity index is 1780. The highest BCUT2D eigenvalue weighted by Gasteiger charge is 2.35. The molecule has 12 heteroatoms. The molecular weight excluding hydrogens is 670 g/mol. The van der Waals surface area contributed by atoms with Gasteiger partial charge in [0.2, 0.25) is 17.7 Å². The number of unbranched alkanes of at least 4 members (excludes halogenated alkanes) is 1. The third-order valence-electron chi connectivity index (χ3n) is 9.33. The minimum absolute atomic E-state index is 0.263. The molecule has 4 atom stereocenters. The molecule has 0 radical (unpaired) electrons. The molecule has 3 aromatic carbocycles. The van der Waals surface area contributed by atoms with Gasteiger partial charge in [0.15, 0.2) is 0 Å². The topological polar surface area (TPSA) is 158 Å². The number of para-hydroxylation sites is 1. The largest absolute Gasteiger partial charge is 0.361 e. The van der Waals surface area contributed by atoms with Crippen molar-refractivity contribution in [2.24, 2.45) is 11.5 Å². The molecule has 1 aliphatic rings. The fourth-order valence-corrected chi connectivity index (χ4v) is 7.90. The van der Waals surface area contributed by atoms with E-state index in [-0.39, 0.29) is 24.1 Å². The van der Waals surface area contributed by atoms with E-state index in [2.05, 4.69) is 20.9 Å². The van der Waals surface area contributed by atoms with Gasteiger partial charge in [-0.3, -0.25) is 14.4 Å². The highest BCUT2D eigenvalue weighted by atomic mass is 35.5. The summed E-state index contributed by atoms with van der Waals surface area (Å²) in [6.07, 6.45) is 5.00. The minimum atomic E-state index is -0.879. The number of aromatic nitrogens is 1. The van der Waals surface area contributed by atoms with Crippen molar-refractivity contribution < 1.29 is 14.4 Å². The Morgan fingerprint density at radius 1 is 0.860 bits per heavy atom. The van der Waals surface area contributed by atoms with Crippen molar-refractivity contribution in [2.45, 2.75) is 86.0 Å². The quantitative estimate of drug-likeness (QED) is 0.132. The Kier molecular flexibility index (Phi) is 13.4. The predicted molar refractivity (Wildman–Crippen MR) is 201 cm³/mol. The lowest BCUT2D eigenvalue weighted by Gasteiger charge is -2.32. The van der Waals surface area contributed by atoms with Crippen LogP contribution < -0.4 is 27.4 Å². The number of aromatic amines is 1. The van der Waals surface area contributed by atoms with E-state index in [1.54, 1.807) is 7.05 Å². The van der Waals surface area contributed by atoms with Crippen molar-refractivity contribution in [2.75, 3.05) is 20.1 Å². The zero-order valence-electron chi connectivity index (χ0n) is 28.7. The molecule has 4 aromatic rings. The molecular formula is C38H48ClN7O3S. The first-order valence-corrected chi connectivity index (χ1v) is 18.5. The number of carbonyl (C=O) groups is 3. The standard InChI is InChI=1S/C38H48ClN7O3S/c1-24-27-13-9-14-29(39)35(27)50-34-18-6-3-11-25(34)22-43-31(17-10-20-41)36(47)45-32(16-7-8-19-40)38(49)46(2)33(37(48)44-24)21-26-23-42-30-15-5-4-12-28(26)30/h3-6,9,11-15,18,23-24,31-33,42-43H,7-8,10,16-17,19-22,40-41H2,1-2H3,(H,44,48)(H,45,47)/t24-,31?,32-,33-/m0/s1. The van der Waals surface area contributed by atoms with Gasteiger partial charge in [0.25, 0.3) is 0 Å². The molecule has 266 valence electrons. The van der Waals surface area contributed by atoms with Crippen molar-refractivity contribution >= 4 is 52.0 Å². The molecule has 3 amide bonds. The number of H-pyrrole nitrogens is 1. The lowest BCUT2D eigenvalue weighted by atomic mass is 10.00. The minimum Gasteiger partial charge on any atom is -0.361 e. The van der Waals surface area contributed by atoms with Crippen LogP contribution >= 0.6 is 23.4 Å². The molecule has 50 heavy (non-hydrogen) atoms. The van der Waals surface area contributed by atoms with Crippen molar-refractivity contribution in [3.8, 4) is 0 Å². The molecule has 0 saturated heterocycles. The van der Waals surface area contributed by atoms with Gasteiger partial charge in [-0.05, 0) is 87.0 Å². The van der Waals surface area contributed by atoms with E-state index in [0.29, 0.717) is 56.8 Å². The number of rotatable bonds is 9. The van der Waals surface area contributed by atoms with E-state index in [4.69, 9.17) is 23.1 Å².